The minimum Gasteiger partial charge on any atom is -0.394 e. The largest absolute Gasteiger partial charge is 0.431 e. The summed E-state index contributed by atoms with van der Waals surface area (Å²) in [4.78, 5) is 21.6. The predicted molar refractivity (Wildman–Crippen MR) is 142 cm³/mol. The van der Waals surface area contributed by atoms with Crippen LogP contribution in [0.15, 0.2) is 47.1 Å². The molecule has 2 heterocycles. The normalized spacial score (nSPS) is 16.8. The lowest BCUT2D eigenvalue weighted by molar-refractivity contribution is -0.127. The van der Waals surface area contributed by atoms with Crippen molar-refractivity contribution >= 4 is 40.6 Å². The van der Waals surface area contributed by atoms with E-state index < -0.39 is 17.8 Å². The number of nitriles is 1. The van der Waals surface area contributed by atoms with Gasteiger partial charge in [0.2, 0.25) is 5.91 Å². The SMILES string of the molecule is CCN=C/C(=C(\N)C(F)(F)F)c1ccccc1C1CN(C(=O)/C=C/CN(C)C)Cc2sc(C#N)c(Cl)c21. The molecule has 37 heavy (non-hydrogen) atoms. The van der Waals surface area contributed by atoms with Gasteiger partial charge in [0.25, 0.3) is 0 Å². The number of hydrogen-bond donors (Lipinski definition) is 1. The first-order valence-corrected chi connectivity index (χ1v) is 12.7. The minimum absolute atomic E-state index is 0.167. The zero-order chi connectivity index (χ0) is 27.3. The number of thiophene rings is 1. The van der Waals surface area contributed by atoms with Crippen LogP contribution in [0.4, 0.5) is 13.2 Å². The van der Waals surface area contributed by atoms with E-state index in [-0.39, 0.29) is 41.7 Å². The van der Waals surface area contributed by atoms with Gasteiger partial charge in [-0.05, 0) is 37.7 Å². The quantitative estimate of drug-likeness (QED) is 0.380. The molecular weight excluding hydrogens is 523 g/mol. The standard InChI is InChI=1S/C26H27ClF3N5OS/c1-4-33-13-18(25(32)26(28,29)30)16-8-5-6-9-17(16)19-14-35(22(36)10-7-11-34(2)3)15-21-23(19)24(27)20(12-31)37-21/h5-10,13,19H,4,11,14-15,32H2,1-3H3/b10-7+,25-18+,33-13?. The van der Waals surface area contributed by atoms with Crippen molar-refractivity contribution in [2.75, 3.05) is 33.7 Å². The van der Waals surface area contributed by atoms with Crippen LogP contribution in [0.5, 0.6) is 0 Å². The second-order valence-corrected chi connectivity index (χ2v) is 10.2. The maximum Gasteiger partial charge on any atom is 0.431 e. The Balaban J connectivity index is 2.19. The third-order valence-electron chi connectivity index (χ3n) is 5.82. The van der Waals surface area contributed by atoms with Crippen molar-refractivity contribution in [1.82, 2.24) is 9.80 Å². The van der Waals surface area contributed by atoms with Gasteiger partial charge in [-0.3, -0.25) is 9.79 Å². The molecule has 2 aromatic rings. The van der Waals surface area contributed by atoms with E-state index in [1.165, 1.54) is 17.4 Å². The van der Waals surface area contributed by atoms with E-state index in [9.17, 15) is 23.2 Å². The monoisotopic (exact) mass is 549 g/mol. The first-order chi connectivity index (χ1) is 17.5. The molecule has 0 spiro atoms. The number of alkyl halides is 3. The summed E-state index contributed by atoms with van der Waals surface area (Å²) < 4.78 is 41.2. The fraction of sp³-hybridized carbons (Fsp3) is 0.346. The molecule has 0 aliphatic carbocycles. The van der Waals surface area contributed by atoms with Crippen LogP contribution in [0, 0.1) is 11.3 Å². The topological polar surface area (TPSA) is 85.7 Å². The van der Waals surface area contributed by atoms with Crippen molar-refractivity contribution in [1.29, 1.82) is 5.26 Å². The van der Waals surface area contributed by atoms with Crippen molar-refractivity contribution in [2.45, 2.75) is 25.6 Å². The van der Waals surface area contributed by atoms with E-state index in [2.05, 4.69) is 11.1 Å². The number of allylic oxidation sites excluding steroid dienone is 2. The van der Waals surface area contributed by atoms with E-state index in [0.717, 1.165) is 11.1 Å². The number of carbonyl (C=O) groups excluding carboxylic acids is 1. The molecule has 1 aliphatic heterocycles. The molecule has 1 aromatic heterocycles. The molecule has 0 saturated carbocycles. The van der Waals surface area contributed by atoms with Crippen molar-refractivity contribution in [3.8, 4) is 6.07 Å². The summed E-state index contributed by atoms with van der Waals surface area (Å²) >= 11 is 7.79. The summed E-state index contributed by atoms with van der Waals surface area (Å²) in [5.41, 5.74) is 5.46. The number of carbonyl (C=O) groups is 1. The number of aliphatic imine (C=N–C) groups is 1. The van der Waals surface area contributed by atoms with Crippen LogP contribution in [0.25, 0.3) is 5.57 Å². The molecule has 0 fully saturated rings. The fourth-order valence-corrected chi connectivity index (χ4v) is 5.64. The highest BCUT2D eigenvalue weighted by Crippen LogP contribution is 2.46. The smallest absolute Gasteiger partial charge is 0.394 e. The molecule has 0 bridgehead atoms. The first kappa shape index (κ1) is 28.4. The number of halogens is 4. The number of benzene rings is 1. The average Bonchev–Trinajstić information content (AvgIpc) is 3.18. The Kier molecular flexibility index (Phi) is 9.18. The van der Waals surface area contributed by atoms with Crippen molar-refractivity contribution in [3.05, 3.63) is 73.6 Å². The fourth-order valence-electron chi connectivity index (χ4n) is 4.11. The van der Waals surface area contributed by atoms with Crippen molar-refractivity contribution in [3.63, 3.8) is 0 Å². The van der Waals surface area contributed by atoms with E-state index in [1.54, 1.807) is 42.2 Å². The Bertz CT molecular complexity index is 1290. The first-order valence-electron chi connectivity index (χ1n) is 11.5. The molecule has 1 unspecified atom stereocenters. The maximum atomic E-state index is 13.7. The van der Waals surface area contributed by atoms with Crippen LogP contribution < -0.4 is 5.73 Å². The van der Waals surface area contributed by atoms with Gasteiger partial charge >= 0.3 is 6.18 Å². The molecule has 1 aromatic carbocycles. The summed E-state index contributed by atoms with van der Waals surface area (Å²) in [7, 11) is 3.76. The highest BCUT2D eigenvalue weighted by atomic mass is 35.5. The van der Waals surface area contributed by atoms with Gasteiger partial charge in [-0.25, -0.2) is 0 Å². The zero-order valence-electron chi connectivity index (χ0n) is 20.6. The van der Waals surface area contributed by atoms with Crippen LogP contribution in [-0.4, -0.2) is 61.8 Å². The Labute approximate surface area is 223 Å². The van der Waals surface area contributed by atoms with E-state index in [1.807, 2.05) is 19.0 Å². The molecule has 0 radical (unpaired) electrons. The van der Waals surface area contributed by atoms with Crippen LogP contribution in [0.3, 0.4) is 0 Å². The van der Waals surface area contributed by atoms with Gasteiger partial charge in [0.05, 0.1) is 11.6 Å². The number of fused-ring (bicyclic) bond motifs is 1. The van der Waals surface area contributed by atoms with Gasteiger partial charge in [0, 0.05) is 48.3 Å². The van der Waals surface area contributed by atoms with Gasteiger partial charge < -0.3 is 15.5 Å². The Morgan fingerprint density at radius 1 is 1.38 bits per heavy atom. The molecule has 11 heteroatoms. The van der Waals surface area contributed by atoms with E-state index >= 15 is 0 Å². The maximum absolute atomic E-state index is 13.7. The Morgan fingerprint density at radius 2 is 2.08 bits per heavy atom. The van der Waals surface area contributed by atoms with Gasteiger partial charge in [-0.15, -0.1) is 11.3 Å². The zero-order valence-corrected chi connectivity index (χ0v) is 22.2. The van der Waals surface area contributed by atoms with Crippen LogP contribution in [-0.2, 0) is 11.3 Å². The Hall–Kier alpha value is -3.13. The molecule has 1 aliphatic rings. The lowest BCUT2D eigenvalue weighted by Crippen LogP contribution is -2.37. The number of likely N-dealkylation sites (N-methyl/N-ethyl adjacent to an activating group) is 1. The van der Waals surface area contributed by atoms with Crippen LogP contribution in [0.2, 0.25) is 5.02 Å². The van der Waals surface area contributed by atoms with E-state index in [4.69, 9.17) is 17.3 Å². The Morgan fingerprint density at radius 3 is 2.70 bits per heavy atom. The van der Waals surface area contributed by atoms with Gasteiger partial charge in [0.15, 0.2) is 0 Å². The summed E-state index contributed by atoms with van der Waals surface area (Å²) in [6.07, 6.45) is -0.411. The molecule has 1 atom stereocenters. The summed E-state index contributed by atoms with van der Waals surface area (Å²) in [6.45, 7) is 2.96. The molecule has 2 N–H and O–H groups in total. The highest BCUT2D eigenvalue weighted by Gasteiger charge is 2.38. The molecule has 0 saturated heterocycles. The minimum atomic E-state index is -4.77. The lowest BCUT2D eigenvalue weighted by atomic mass is 9.83. The van der Waals surface area contributed by atoms with Gasteiger partial charge in [0.1, 0.15) is 16.6 Å². The summed E-state index contributed by atoms with van der Waals surface area (Å²) in [6, 6.07) is 8.66. The third kappa shape index (κ3) is 6.42. The molecule has 1 amide bonds. The second-order valence-electron chi connectivity index (χ2n) is 8.67. The number of amides is 1. The van der Waals surface area contributed by atoms with Gasteiger partial charge in [-0.1, -0.05) is 41.9 Å². The molecule has 3 rings (SSSR count). The van der Waals surface area contributed by atoms with Gasteiger partial charge in [-0.2, -0.15) is 18.4 Å². The number of rotatable bonds is 7. The number of hydrogen-bond acceptors (Lipinski definition) is 6. The van der Waals surface area contributed by atoms with E-state index in [0.29, 0.717) is 22.5 Å². The van der Waals surface area contributed by atoms with Crippen molar-refractivity contribution in [2.24, 2.45) is 10.7 Å². The van der Waals surface area contributed by atoms with Crippen LogP contribution in [0.1, 0.15) is 39.3 Å². The average molecular weight is 550 g/mol. The summed E-state index contributed by atoms with van der Waals surface area (Å²) in [5.74, 6) is -0.820. The van der Waals surface area contributed by atoms with Crippen LogP contribution >= 0.6 is 22.9 Å². The highest BCUT2D eigenvalue weighted by molar-refractivity contribution is 7.13. The second kappa shape index (κ2) is 11.9. The molecule has 196 valence electrons. The number of nitrogens with two attached hydrogens (primary N) is 1. The predicted octanol–water partition coefficient (Wildman–Crippen LogP) is 5.19. The number of nitrogens with zero attached hydrogens (tertiary/aromatic N) is 4. The molecular formula is C26H27ClF3N5OS. The summed E-state index contributed by atoms with van der Waals surface area (Å²) in [5, 5.41) is 9.84. The van der Waals surface area contributed by atoms with Crippen molar-refractivity contribution < 1.29 is 18.0 Å². The third-order valence-corrected chi connectivity index (χ3v) is 7.42. The molecule has 6 nitrogen and oxygen atoms in total. The lowest BCUT2D eigenvalue weighted by Gasteiger charge is -2.34.